The molecule has 0 bridgehead atoms. The third-order valence-electron chi connectivity index (χ3n) is 3.16. The van der Waals surface area contributed by atoms with E-state index >= 15 is 0 Å². The minimum Gasteiger partial charge on any atom is -0.353 e. The fourth-order valence-electron chi connectivity index (χ4n) is 2.42. The standard InChI is InChI=1S/C12H18ClN3/c1-2-5-10-6-3-4-7-16(10)12-8-11(13)14-9-15-12/h8-10H,2-7H2,1H3. The summed E-state index contributed by atoms with van der Waals surface area (Å²) >= 11 is 5.91. The first kappa shape index (κ1) is 11.6. The van der Waals surface area contributed by atoms with Gasteiger partial charge in [-0.2, -0.15) is 0 Å². The first-order chi connectivity index (χ1) is 7.81. The highest BCUT2D eigenvalue weighted by atomic mass is 35.5. The first-order valence-corrected chi connectivity index (χ1v) is 6.43. The van der Waals surface area contributed by atoms with Gasteiger partial charge in [0.2, 0.25) is 0 Å². The van der Waals surface area contributed by atoms with E-state index in [9.17, 15) is 0 Å². The van der Waals surface area contributed by atoms with Crippen molar-refractivity contribution < 1.29 is 0 Å². The summed E-state index contributed by atoms with van der Waals surface area (Å²) in [5.41, 5.74) is 0. The van der Waals surface area contributed by atoms with Crippen molar-refractivity contribution >= 4 is 17.4 Å². The van der Waals surface area contributed by atoms with Gasteiger partial charge in [0, 0.05) is 18.7 Å². The van der Waals surface area contributed by atoms with E-state index in [2.05, 4.69) is 21.8 Å². The van der Waals surface area contributed by atoms with E-state index < -0.39 is 0 Å². The molecule has 88 valence electrons. The van der Waals surface area contributed by atoms with Crippen molar-refractivity contribution in [3.8, 4) is 0 Å². The summed E-state index contributed by atoms with van der Waals surface area (Å²) < 4.78 is 0. The minimum absolute atomic E-state index is 0.533. The first-order valence-electron chi connectivity index (χ1n) is 6.05. The fraction of sp³-hybridized carbons (Fsp3) is 0.667. The summed E-state index contributed by atoms with van der Waals surface area (Å²) in [6.07, 6.45) is 7.87. The summed E-state index contributed by atoms with van der Waals surface area (Å²) in [6.45, 7) is 3.33. The van der Waals surface area contributed by atoms with Gasteiger partial charge in [0.1, 0.15) is 17.3 Å². The number of piperidine rings is 1. The summed E-state index contributed by atoms with van der Waals surface area (Å²) in [7, 11) is 0. The van der Waals surface area contributed by atoms with Crippen LogP contribution in [0.15, 0.2) is 12.4 Å². The molecule has 1 aliphatic rings. The van der Waals surface area contributed by atoms with Crippen LogP contribution in [-0.2, 0) is 0 Å². The van der Waals surface area contributed by atoms with Gasteiger partial charge in [-0.15, -0.1) is 0 Å². The van der Waals surface area contributed by atoms with Crippen LogP contribution >= 0.6 is 11.6 Å². The molecule has 0 amide bonds. The van der Waals surface area contributed by atoms with Crippen LogP contribution in [0.3, 0.4) is 0 Å². The van der Waals surface area contributed by atoms with Gasteiger partial charge < -0.3 is 4.90 Å². The highest BCUT2D eigenvalue weighted by molar-refractivity contribution is 6.29. The zero-order valence-electron chi connectivity index (χ0n) is 9.69. The van der Waals surface area contributed by atoms with Gasteiger partial charge >= 0.3 is 0 Å². The van der Waals surface area contributed by atoms with Gasteiger partial charge in [0.05, 0.1) is 0 Å². The summed E-state index contributed by atoms with van der Waals surface area (Å²) in [5.74, 6) is 0.984. The maximum atomic E-state index is 5.91. The molecule has 1 unspecified atom stereocenters. The summed E-state index contributed by atoms with van der Waals surface area (Å²) in [6, 6.07) is 2.50. The van der Waals surface area contributed by atoms with E-state index in [-0.39, 0.29) is 0 Å². The average molecular weight is 240 g/mol. The molecule has 2 heterocycles. The second-order valence-electron chi connectivity index (χ2n) is 4.33. The summed E-state index contributed by atoms with van der Waals surface area (Å²) in [4.78, 5) is 10.6. The Hall–Kier alpha value is -0.830. The largest absolute Gasteiger partial charge is 0.353 e. The Kier molecular flexibility index (Phi) is 3.99. The lowest BCUT2D eigenvalue weighted by molar-refractivity contribution is 0.431. The van der Waals surface area contributed by atoms with E-state index in [1.807, 2.05) is 6.07 Å². The lowest BCUT2D eigenvalue weighted by Crippen LogP contribution is -2.40. The molecule has 2 rings (SSSR count). The zero-order chi connectivity index (χ0) is 11.4. The number of aromatic nitrogens is 2. The Balaban J connectivity index is 2.16. The second-order valence-corrected chi connectivity index (χ2v) is 4.72. The van der Waals surface area contributed by atoms with Gasteiger partial charge in [0.25, 0.3) is 0 Å². The minimum atomic E-state index is 0.533. The number of hydrogen-bond acceptors (Lipinski definition) is 3. The predicted molar refractivity (Wildman–Crippen MR) is 66.9 cm³/mol. The Labute approximate surface area is 102 Å². The molecule has 1 aromatic rings. The average Bonchev–Trinajstić information content (AvgIpc) is 2.30. The molecule has 1 atom stereocenters. The van der Waals surface area contributed by atoms with E-state index in [1.165, 1.54) is 32.1 Å². The van der Waals surface area contributed by atoms with Crippen LogP contribution in [0.25, 0.3) is 0 Å². The van der Waals surface area contributed by atoms with Crippen molar-refractivity contribution in [3.63, 3.8) is 0 Å². The second kappa shape index (κ2) is 5.48. The lowest BCUT2D eigenvalue weighted by Gasteiger charge is -2.36. The fourth-order valence-corrected chi connectivity index (χ4v) is 2.56. The van der Waals surface area contributed by atoms with E-state index in [4.69, 9.17) is 11.6 Å². The molecular formula is C12H18ClN3. The van der Waals surface area contributed by atoms with Crippen molar-refractivity contribution in [1.29, 1.82) is 0 Å². The Morgan fingerprint density at radius 3 is 3.06 bits per heavy atom. The Morgan fingerprint density at radius 1 is 1.44 bits per heavy atom. The SMILES string of the molecule is CCCC1CCCCN1c1cc(Cl)ncn1. The molecule has 1 aliphatic heterocycles. The molecule has 1 saturated heterocycles. The van der Waals surface area contributed by atoms with Gasteiger partial charge in [-0.25, -0.2) is 9.97 Å². The van der Waals surface area contributed by atoms with Crippen molar-refractivity contribution in [1.82, 2.24) is 9.97 Å². The van der Waals surface area contributed by atoms with Crippen molar-refractivity contribution in [2.24, 2.45) is 0 Å². The third kappa shape index (κ3) is 2.64. The maximum absolute atomic E-state index is 5.91. The van der Waals surface area contributed by atoms with E-state index in [1.54, 1.807) is 6.33 Å². The highest BCUT2D eigenvalue weighted by Crippen LogP contribution is 2.26. The molecule has 0 N–H and O–H groups in total. The van der Waals surface area contributed by atoms with Crippen LogP contribution < -0.4 is 4.90 Å². The van der Waals surface area contributed by atoms with Crippen LogP contribution in [0, 0.1) is 0 Å². The van der Waals surface area contributed by atoms with E-state index in [0.717, 1.165) is 12.4 Å². The maximum Gasteiger partial charge on any atom is 0.134 e. The van der Waals surface area contributed by atoms with Crippen molar-refractivity contribution in [2.75, 3.05) is 11.4 Å². The number of nitrogens with zero attached hydrogens (tertiary/aromatic N) is 3. The Morgan fingerprint density at radius 2 is 2.31 bits per heavy atom. The monoisotopic (exact) mass is 239 g/mol. The normalized spacial score (nSPS) is 21.1. The molecular weight excluding hydrogens is 222 g/mol. The highest BCUT2D eigenvalue weighted by Gasteiger charge is 2.22. The zero-order valence-corrected chi connectivity index (χ0v) is 10.5. The lowest BCUT2D eigenvalue weighted by atomic mass is 9.98. The number of anilines is 1. The molecule has 16 heavy (non-hydrogen) atoms. The molecule has 0 saturated carbocycles. The van der Waals surface area contributed by atoms with Crippen LogP contribution in [-0.4, -0.2) is 22.6 Å². The van der Waals surface area contributed by atoms with Crippen molar-refractivity contribution in [3.05, 3.63) is 17.5 Å². The molecule has 0 radical (unpaired) electrons. The van der Waals surface area contributed by atoms with Gasteiger partial charge in [0.15, 0.2) is 0 Å². The molecule has 0 aliphatic carbocycles. The van der Waals surface area contributed by atoms with Gasteiger partial charge in [-0.05, 0) is 25.7 Å². The van der Waals surface area contributed by atoms with Crippen LogP contribution in [0.4, 0.5) is 5.82 Å². The quantitative estimate of drug-likeness (QED) is 0.758. The van der Waals surface area contributed by atoms with Crippen LogP contribution in [0.2, 0.25) is 5.15 Å². The van der Waals surface area contributed by atoms with E-state index in [0.29, 0.717) is 11.2 Å². The van der Waals surface area contributed by atoms with Crippen LogP contribution in [0.5, 0.6) is 0 Å². The molecule has 1 fully saturated rings. The number of halogens is 1. The van der Waals surface area contributed by atoms with Gasteiger partial charge in [-0.3, -0.25) is 0 Å². The van der Waals surface area contributed by atoms with Crippen molar-refractivity contribution in [2.45, 2.75) is 45.1 Å². The van der Waals surface area contributed by atoms with Gasteiger partial charge in [-0.1, -0.05) is 24.9 Å². The molecule has 0 spiro atoms. The molecule has 4 heteroatoms. The topological polar surface area (TPSA) is 29.0 Å². The molecule has 0 aromatic carbocycles. The smallest absolute Gasteiger partial charge is 0.134 e. The number of rotatable bonds is 3. The van der Waals surface area contributed by atoms with Crippen LogP contribution in [0.1, 0.15) is 39.0 Å². The summed E-state index contributed by atoms with van der Waals surface area (Å²) in [5, 5.41) is 0.533. The predicted octanol–water partition coefficient (Wildman–Crippen LogP) is 3.29. The number of hydrogen-bond donors (Lipinski definition) is 0. The Bertz CT molecular complexity index is 341. The third-order valence-corrected chi connectivity index (χ3v) is 3.37. The molecule has 3 nitrogen and oxygen atoms in total. The molecule has 1 aromatic heterocycles.